The molecule has 0 spiro atoms. The van der Waals surface area contributed by atoms with Crippen LogP contribution in [0.4, 0.5) is 0 Å². The van der Waals surface area contributed by atoms with Gasteiger partial charge in [0.2, 0.25) is 0 Å². The molecule has 1 fully saturated rings. The van der Waals surface area contributed by atoms with Crippen molar-refractivity contribution in [2.45, 2.75) is 121 Å². The van der Waals surface area contributed by atoms with Crippen LogP contribution in [0.1, 0.15) is 96.8 Å². The molecule has 0 aromatic carbocycles. The van der Waals surface area contributed by atoms with Gasteiger partial charge in [0, 0.05) is 0 Å². The first-order chi connectivity index (χ1) is 13.7. The van der Waals surface area contributed by atoms with E-state index in [1.807, 2.05) is 6.08 Å². The van der Waals surface area contributed by atoms with Crippen molar-refractivity contribution in [3.8, 4) is 0 Å². The molecule has 4 atom stereocenters. The molecule has 0 saturated carbocycles. The van der Waals surface area contributed by atoms with E-state index in [0.717, 1.165) is 12.8 Å². The Balaban J connectivity index is 1.91. The third-order valence-electron chi connectivity index (χ3n) is 5.56. The van der Waals surface area contributed by atoms with Crippen LogP contribution in [0.15, 0.2) is 12.3 Å². The van der Waals surface area contributed by atoms with E-state index in [0.29, 0.717) is 0 Å². The van der Waals surface area contributed by atoms with Crippen LogP contribution in [-0.4, -0.2) is 52.9 Å². The molecule has 28 heavy (non-hydrogen) atoms. The number of hydrogen-bond donors (Lipinski definition) is 3. The lowest BCUT2D eigenvalue weighted by atomic mass is 10.0. The largest absolute Gasteiger partial charge is 0.493 e. The highest BCUT2D eigenvalue weighted by atomic mass is 16.6. The number of ether oxygens (including phenoxy) is 2. The number of aliphatic hydroxyl groups is 3. The summed E-state index contributed by atoms with van der Waals surface area (Å²) in [6, 6.07) is 0. The van der Waals surface area contributed by atoms with E-state index in [1.54, 1.807) is 6.26 Å². The summed E-state index contributed by atoms with van der Waals surface area (Å²) in [7, 11) is 0. The van der Waals surface area contributed by atoms with Crippen molar-refractivity contribution in [2.24, 2.45) is 0 Å². The molecule has 1 rings (SSSR count). The molecule has 5 heteroatoms. The minimum Gasteiger partial charge on any atom is -0.493 e. The Morgan fingerprint density at radius 2 is 1.39 bits per heavy atom. The molecule has 0 bridgehead atoms. The van der Waals surface area contributed by atoms with Gasteiger partial charge in [-0.25, -0.2) is 0 Å². The van der Waals surface area contributed by atoms with Crippen LogP contribution >= 0.6 is 0 Å². The summed E-state index contributed by atoms with van der Waals surface area (Å²) in [4.78, 5) is 0. The van der Waals surface area contributed by atoms with E-state index in [9.17, 15) is 15.3 Å². The standard InChI is InChI=1S/C23H44O5/c1-2-3-4-5-6-7-8-9-10-11-12-13-14-15-16-17-27-23-21(18-24)28-19-20(25)22(23)26/h16-17,20-26H,2-15,18-19H2,1H3/b17-16+/t20-,21+,22+,23+/m1/s1. The molecular formula is C23H44O5. The van der Waals surface area contributed by atoms with Crippen molar-refractivity contribution in [2.75, 3.05) is 13.2 Å². The van der Waals surface area contributed by atoms with Crippen LogP contribution < -0.4 is 0 Å². The second kappa shape index (κ2) is 17.3. The lowest BCUT2D eigenvalue weighted by Crippen LogP contribution is -2.54. The third-order valence-corrected chi connectivity index (χ3v) is 5.56. The molecule has 1 aliphatic heterocycles. The summed E-state index contributed by atoms with van der Waals surface area (Å²) in [5.41, 5.74) is 0. The highest BCUT2D eigenvalue weighted by Gasteiger charge is 2.39. The molecule has 0 amide bonds. The molecule has 0 aromatic heterocycles. The highest BCUT2D eigenvalue weighted by molar-refractivity contribution is 4.89. The lowest BCUT2D eigenvalue weighted by Gasteiger charge is -2.36. The van der Waals surface area contributed by atoms with Gasteiger partial charge in [0.25, 0.3) is 0 Å². The maximum Gasteiger partial charge on any atom is 0.154 e. The predicted octanol–water partition coefficient (Wildman–Crippen LogP) is 4.48. The Labute approximate surface area is 172 Å². The molecule has 0 aromatic rings. The van der Waals surface area contributed by atoms with Gasteiger partial charge in [0.1, 0.15) is 18.3 Å². The number of rotatable bonds is 17. The summed E-state index contributed by atoms with van der Waals surface area (Å²) in [5, 5.41) is 28.9. The Kier molecular flexibility index (Phi) is 15.7. The normalized spacial score (nSPS) is 25.4. The zero-order valence-corrected chi connectivity index (χ0v) is 17.9. The van der Waals surface area contributed by atoms with Crippen molar-refractivity contribution in [1.29, 1.82) is 0 Å². The van der Waals surface area contributed by atoms with E-state index in [-0.39, 0.29) is 13.2 Å². The van der Waals surface area contributed by atoms with Gasteiger partial charge in [-0.15, -0.1) is 0 Å². The number of hydrogen-bond acceptors (Lipinski definition) is 5. The zero-order chi connectivity index (χ0) is 20.5. The highest BCUT2D eigenvalue weighted by Crippen LogP contribution is 2.19. The average Bonchev–Trinajstić information content (AvgIpc) is 2.70. The van der Waals surface area contributed by atoms with Gasteiger partial charge in [0.15, 0.2) is 6.10 Å². The fourth-order valence-electron chi connectivity index (χ4n) is 3.67. The van der Waals surface area contributed by atoms with Gasteiger partial charge in [-0.05, 0) is 18.9 Å². The molecule has 5 nitrogen and oxygen atoms in total. The fourth-order valence-corrected chi connectivity index (χ4v) is 3.67. The van der Waals surface area contributed by atoms with Gasteiger partial charge in [-0.1, -0.05) is 84.0 Å². The summed E-state index contributed by atoms with van der Waals surface area (Å²) >= 11 is 0. The van der Waals surface area contributed by atoms with Crippen molar-refractivity contribution >= 4 is 0 Å². The van der Waals surface area contributed by atoms with Crippen molar-refractivity contribution in [3.05, 3.63) is 12.3 Å². The monoisotopic (exact) mass is 400 g/mol. The van der Waals surface area contributed by atoms with Crippen molar-refractivity contribution < 1.29 is 24.8 Å². The molecule has 1 saturated heterocycles. The van der Waals surface area contributed by atoms with E-state index in [2.05, 4.69) is 6.92 Å². The van der Waals surface area contributed by atoms with Gasteiger partial charge in [0.05, 0.1) is 19.5 Å². The maximum absolute atomic E-state index is 9.96. The van der Waals surface area contributed by atoms with Gasteiger partial charge in [-0.3, -0.25) is 0 Å². The quantitative estimate of drug-likeness (QED) is 0.248. The first-order valence-electron chi connectivity index (χ1n) is 11.6. The first-order valence-corrected chi connectivity index (χ1v) is 11.6. The number of aliphatic hydroxyl groups excluding tert-OH is 3. The van der Waals surface area contributed by atoms with Gasteiger partial charge in [-0.2, -0.15) is 0 Å². The van der Waals surface area contributed by atoms with E-state index >= 15 is 0 Å². The summed E-state index contributed by atoms with van der Waals surface area (Å²) < 4.78 is 10.8. The molecular weight excluding hydrogens is 356 g/mol. The van der Waals surface area contributed by atoms with Crippen LogP contribution in [0.5, 0.6) is 0 Å². The molecule has 0 radical (unpaired) electrons. The smallest absolute Gasteiger partial charge is 0.154 e. The first kappa shape index (κ1) is 25.4. The van der Waals surface area contributed by atoms with Crippen molar-refractivity contribution in [3.63, 3.8) is 0 Å². The van der Waals surface area contributed by atoms with E-state index in [1.165, 1.54) is 77.0 Å². The molecule has 0 aliphatic carbocycles. The minimum atomic E-state index is -1.04. The summed E-state index contributed by atoms with van der Waals surface area (Å²) in [5.74, 6) is 0. The molecule has 0 unspecified atom stereocenters. The average molecular weight is 401 g/mol. The Morgan fingerprint density at radius 1 is 0.857 bits per heavy atom. The van der Waals surface area contributed by atoms with Crippen molar-refractivity contribution in [1.82, 2.24) is 0 Å². The molecule has 1 aliphatic rings. The van der Waals surface area contributed by atoms with Crippen LogP contribution in [0.2, 0.25) is 0 Å². The Bertz CT molecular complexity index is 372. The maximum atomic E-state index is 9.96. The third kappa shape index (κ3) is 11.4. The Hall–Kier alpha value is -0.620. The number of allylic oxidation sites excluding steroid dienone is 1. The Morgan fingerprint density at radius 3 is 1.93 bits per heavy atom. The van der Waals surface area contributed by atoms with Crippen LogP contribution in [0.3, 0.4) is 0 Å². The zero-order valence-electron chi connectivity index (χ0n) is 17.9. The molecule has 166 valence electrons. The fraction of sp³-hybridized carbons (Fsp3) is 0.913. The van der Waals surface area contributed by atoms with Crippen LogP contribution in [-0.2, 0) is 9.47 Å². The predicted molar refractivity (Wildman–Crippen MR) is 113 cm³/mol. The minimum absolute atomic E-state index is 0.0227. The van der Waals surface area contributed by atoms with Crippen LogP contribution in [0.25, 0.3) is 0 Å². The second-order valence-electron chi connectivity index (χ2n) is 8.12. The summed E-state index contributed by atoms with van der Waals surface area (Å²) in [6.07, 6.45) is 18.6. The lowest BCUT2D eigenvalue weighted by molar-refractivity contribution is -0.197. The number of unbranched alkanes of at least 4 members (excludes halogenated alkanes) is 13. The SMILES string of the molecule is CCCCCCCCCCCCCCC/C=C/O[C@@H]1[C@@H](O)[C@H](O)CO[C@H]1CO. The van der Waals surface area contributed by atoms with Gasteiger partial charge < -0.3 is 24.8 Å². The second-order valence-corrected chi connectivity index (χ2v) is 8.12. The topological polar surface area (TPSA) is 79.2 Å². The van der Waals surface area contributed by atoms with Crippen LogP contribution in [0, 0.1) is 0 Å². The van der Waals surface area contributed by atoms with E-state index in [4.69, 9.17) is 9.47 Å². The molecule has 3 N–H and O–H groups in total. The molecule has 1 heterocycles. The van der Waals surface area contributed by atoms with E-state index < -0.39 is 24.4 Å². The van der Waals surface area contributed by atoms with Gasteiger partial charge >= 0.3 is 0 Å². The summed E-state index contributed by atoms with van der Waals surface area (Å²) in [6.45, 7) is 2.05.